The molecular formula is C28H32N2O5. The van der Waals surface area contributed by atoms with Crippen molar-refractivity contribution in [3.63, 3.8) is 0 Å². The van der Waals surface area contributed by atoms with E-state index in [0.717, 1.165) is 41.5 Å². The summed E-state index contributed by atoms with van der Waals surface area (Å²) in [4.78, 5) is 37.6. The number of hydrogen-bond donors (Lipinski definition) is 3. The third kappa shape index (κ3) is 3.87. The fourth-order valence-corrected chi connectivity index (χ4v) is 6.07. The lowest BCUT2D eigenvalue weighted by Gasteiger charge is -2.31. The number of carboxylic acids is 1. The number of aliphatic carboxylic acids is 1. The lowest BCUT2D eigenvalue weighted by Crippen LogP contribution is -2.52. The van der Waals surface area contributed by atoms with E-state index >= 15 is 0 Å². The minimum absolute atomic E-state index is 0.0663. The van der Waals surface area contributed by atoms with Gasteiger partial charge in [0.05, 0.1) is 5.41 Å². The summed E-state index contributed by atoms with van der Waals surface area (Å²) in [6.45, 7) is 3.94. The van der Waals surface area contributed by atoms with Crippen molar-refractivity contribution in [1.29, 1.82) is 0 Å². The summed E-state index contributed by atoms with van der Waals surface area (Å²) < 4.78 is 5.60. The fraction of sp³-hybridized carbons (Fsp3) is 0.464. The molecule has 1 spiro atoms. The van der Waals surface area contributed by atoms with Crippen LogP contribution in [0.2, 0.25) is 0 Å². The summed E-state index contributed by atoms with van der Waals surface area (Å²) >= 11 is 0. The van der Waals surface area contributed by atoms with Gasteiger partial charge in [-0.3, -0.25) is 9.59 Å². The molecule has 2 fully saturated rings. The number of nitrogens with one attached hydrogen (secondary N) is 2. The third-order valence-corrected chi connectivity index (χ3v) is 8.38. The van der Waals surface area contributed by atoms with Crippen LogP contribution in [0.3, 0.4) is 0 Å². The van der Waals surface area contributed by atoms with Gasteiger partial charge in [0.2, 0.25) is 5.91 Å². The van der Waals surface area contributed by atoms with Crippen molar-refractivity contribution >= 4 is 18.0 Å². The number of rotatable bonds is 8. The van der Waals surface area contributed by atoms with Crippen LogP contribution in [0, 0.1) is 16.7 Å². The zero-order valence-electron chi connectivity index (χ0n) is 20.2. The number of fused-ring (bicyclic) bond motifs is 3. The first-order valence-electron chi connectivity index (χ1n) is 12.4. The number of alkyl carbamates (subject to hydrolysis) is 1. The number of amides is 2. The maximum absolute atomic E-state index is 12.9. The van der Waals surface area contributed by atoms with E-state index < -0.39 is 23.5 Å². The Morgan fingerprint density at radius 2 is 1.63 bits per heavy atom. The summed E-state index contributed by atoms with van der Waals surface area (Å²) in [5, 5.41) is 15.3. The number of carboxylic acid groups (broad SMARTS) is 1. The van der Waals surface area contributed by atoms with Gasteiger partial charge in [0.15, 0.2) is 0 Å². The van der Waals surface area contributed by atoms with Crippen molar-refractivity contribution in [2.45, 2.75) is 51.5 Å². The highest BCUT2D eigenvalue weighted by atomic mass is 16.5. The van der Waals surface area contributed by atoms with Gasteiger partial charge in [-0.15, -0.1) is 0 Å². The van der Waals surface area contributed by atoms with Gasteiger partial charge in [0.25, 0.3) is 0 Å². The SMILES string of the molecule is CC(C)[C@@H](NC(=O)OCC1c2ccccc2-c2ccccc21)C(=O)NCC1(C(=O)O)CC12CCC2. The lowest BCUT2D eigenvalue weighted by atomic mass is 9.75. The molecule has 3 aliphatic carbocycles. The van der Waals surface area contributed by atoms with Crippen LogP contribution >= 0.6 is 0 Å². The molecule has 0 bridgehead atoms. The Kier molecular flexibility index (Phi) is 5.82. The third-order valence-electron chi connectivity index (χ3n) is 8.38. The highest BCUT2D eigenvalue weighted by Gasteiger charge is 2.73. The Balaban J connectivity index is 1.20. The number of hydrogen-bond acceptors (Lipinski definition) is 4. The predicted molar refractivity (Wildman–Crippen MR) is 131 cm³/mol. The van der Waals surface area contributed by atoms with Crippen molar-refractivity contribution < 1.29 is 24.2 Å². The topological polar surface area (TPSA) is 105 Å². The molecule has 1 unspecified atom stereocenters. The molecule has 0 radical (unpaired) electrons. The highest BCUT2D eigenvalue weighted by molar-refractivity contribution is 5.87. The van der Waals surface area contributed by atoms with Crippen LogP contribution in [0.4, 0.5) is 4.79 Å². The van der Waals surface area contributed by atoms with E-state index in [4.69, 9.17) is 4.74 Å². The Labute approximate surface area is 205 Å². The van der Waals surface area contributed by atoms with Crippen molar-refractivity contribution in [2.75, 3.05) is 13.2 Å². The van der Waals surface area contributed by atoms with Gasteiger partial charge < -0.3 is 20.5 Å². The Hall–Kier alpha value is -3.35. The number of carbonyl (C=O) groups excluding carboxylic acids is 2. The molecule has 0 heterocycles. The zero-order valence-corrected chi connectivity index (χ0v) is 20.2. The molecular weight excluding hydrogens is 444 g/mol. The molecule has 3 N–H and O–H groups in total. The van der Waals surface area contributed by atoms with Crippen LogP contribution in [0.5, 0.6) is 0 Å². The molecule has 2 aromatic rings. The van der Waals surface area contributed by atoms with Crippen LogP contribution in [0.15, 0.2) is 48.5 Å². The molecule has 184 valence electrons. The monoisotopic (exact) mass is 476 g/mol. The lowest BCUT2D eigenvalue weighted by molar-refractivity contribution is -0.146. The standard InChI is InChI=1S/C28H32N2O5/c1-17(2)23(24(31)29-16-28(25(32)33)15-27(28)12-7-13-27)30-26(34)35-14-22-20-10-5-3-8-18(20)19-9-4-6-11-21(19)22/h3-6,8-11,17,22-23H,7,12-16H2,1-2H3,(H,29,31)(H,30,34)(H,32,33)/t23-,28?/m1/s1. The minimum atomic E-state index is -0.869. The average Bonchev–Trinajstić information content (AvgIpc) is 3.44. The normalized spacial score (nSPS) is 22.0. The van der Waals surface area contributed by atoms with Crippen LogP contribution in [-0.2, 0) is 14.3 Å². The summed E-state index contributed by atoms with van der Waals surface area (Å²) in [7, 11) is 0. The molecule has 3 aliphatic rings. The van der Waals surface area contributed by atoms with Gasteiger partial charge in [-0.25, -0.2) is 4.79 Å². The summed E-state index contributed by atoms with van der Waals surface area (Å²) in [5.41, 5.74) is 3.51. The van der Waals surface area contributed by atoms with Crippen molar-refractivity contribution in [3.05, 3.63) is 59.7 Å². The second-order valence-electron chi connectivity index (χ2n) is 10.6. The minimum Gasteiger partial charge on any atom is -0.481 e. The van der Waals surface area contributed by atoms with E-state index in [0.29, 0.717) is 6.42 Å². The first kappa shape index (κ1) is 23.4. The molecule has 7 nitrogen and oxygen atoms in total. The smallest absolute Gasteiger partial charge is 0.407 e. The van der Waals surface area contributed by atoms with Gasteiger partial charge in [-0.2, -0.15) is 0 Å². The highest BCUT2D eigenvalue weighted by Crippen LogP contribution is 2.73. The maximum Gasteiger partial charge on any atom is 0.407 e. The van der Waals surface area contributed by atoms with E-state index in [2.05, 4.69) is 34.9 Å². The summed E-state index contributed by atoms with van der Waals surface area (Å²) in [6, 6.07) is 15.4. The fourth-order valence-electron chi connectivity index (χ4n) is 6.07. The van der Waals surface area contributed by atoms with Crippen molar-refractivity contribution in [2.24, 2.45) is 16.7 Å². The largest absolute Gasteiger partial charge is 0.481 e. The molecule has 5 rings (SSSR count). The molecule has 2 atom stereocenters. The van der Waals surface area contributed by atoms with Crippen molar-refractivity contribution in [1.82, 2.24) is 10.6 Å². The summed E-state index contributed by atoms with van der Waals surface area (Å²) in [6.07, 6.45) is 2.81. The molecule has 2 saturated carbocycles. The molecule has 7 heteroatoms. The Bertz CT molecular complexity index is 1130. The summed E-state index contributed by atoms with van der Waals surface area (Å²) in [5.74, 6) is -1.48. The van der Waals surface area contributed by atoms with Crippen molar-refractivity contribution in [3.8, 4) is 11.1 Å². The van der Waals surface area contributed by atoms with Gasteiger partial charge in [-0.1, -0.05) is 68.8 Å². The van der Waals surface area contributed by atoms with E-state index in [1.54, 1.807) is 0 Å². The molecule has 0 aromatic heterocycles. The predicted octanol–water partition coefficient (Wildman–Crippen LogP) is 4.31. The van der Waals surface area contributed by atoms with Crippen LogP contribution in [-0.4, -0.2) is 42.3 Å². The van der Waals surface area contributed by atoms with Gasteiger partial charge in [-0.05, 0) is 52.8 Å². The molecule has 0 aliphatic heterocycles. The maximum atomic E-state index is 12.9. The Morgan fingerprint density at radius 1 is 1.03 bits per heavy atom. The van der Waals surface area contributed by atoms with Gasteiger partial charge in [0, 0.05) is 12.5 Å². The van der Waals surface area contributed by atoms with E-state index in [-0.39, 0.29) is 36.3 Å². The van der Waals surface area contributed by atoms with Crippen LogP contribution in [0.1, 0.15) is 56.6 Å². The number of ether oxygens (including phenoxy) is 1. The second kappa shape index (κ2) is 8.70. The van der Waals surface area contributed by atoms with Gasteiger partial charge >= 0.3 is 12.1 Å². The van der Waals surface area contributed by atoms with E-state index in [1.165, 1.54) is 0 Å². The first-order valence-corrected chi connectivity index (χ1v) is 12.4. The average molecular weight is 477 g/mol. The van der Waals surface area contributed by atoms with Crippen LogP contribution in [0.25, 0.3) is 11.1 Å². The number of carbonyl (C=O) groups is 3. The Morgan fingerprint density at radius 3 is 2.11 bits per heavy atom. The first-order chi connectivity index (χ1) is 16.8. The molecule has 2 amide bonds. The zero-order chi connectivity index (χ0) is 24.8. The quantitative estimate of drug-likeness (QED) is 0.527. The van der Waals surface area contributed by atoms with E-state index in [9.17, 15) is 19.5 Å². The molecule has 35 heavy (non-hydrogen) atoms. The van der Waals surface area contributed by atoms with Crippen LogP contribution < -0.4 is 10.6 Å². The van der Waals surface area contributed by atoms with E-state index in [1.807, 2.05) is 38.1 Å². The molecule has 0 saturated heterocycles. The molecule has 2 aromatic carbocycles. The second-order valence-corrected chi connectivity index (χ2v) is 10.6. The van der Waals surface area contributed by atoms with Gasteiger partial charge in [0.1, 0.15) is 12.6 Å². The number of benzene rings is 2.